The fourth-order valence-electron chi connectivity index (χ4n) is 2.31. The van der Waals surface area contributed by atoms with E-state index >= 15 is 0 Å². The predicted molar refractivity (Wildman–Crippen MR) is 102 cm³/mol. The van der Waals surface area contributed by atoms with E-state index in [1.165, 1.54) is 0 Å². The number of hydrogen-bond acceptors (Lipinski definition) is 3. The Balaban J connectivity index is 1.85. The Bertz CT molecular complexity index is 773. The molecule has 0 saturated heterocycles. The van der Waals surface area contributed by atoms with Crippen LogP contribution < -0.4 is 5.32 Å². The molecule has 0 spiro atoms. The van der Waals surface area contributed by atoms with Crippen molar-refractivity contribution in [3.05, 3.63) is 66.2 Å². The van der Waals surface area contributed by atoms with E-state index in [0.717, 1.165) is 11.5 Å². The lowest BCUT2D eigenvalue weighted by atomic mass is 10.2. The van der Waals surface area contributed by atoms with E-state index in [0.29, 0.717) is 24.4 Å². The van der Waals surface area contributed by atoms with Crippen LogP contribution in [0.5, 0.6) is 0 Å². The van der Waals surface area contributed by atoms with E-state index in [9.17, 15) is 8.42 Å². The summed E-state index contributed by atoms with van der Waals surface area (Å²) in [5.74, 6) is 0.865. The minimum Gasteiger partial charge on any atom is -0.356 e. The molecule has 0 unspecified atom stereocenters. The van der Waals surface area contributed by atoms with E-state index < -0.39 is 9.84 Å². The molecule has 2 aromatic rings. The van der Waals surface area contributed by atoms with Gasteiger partial charge in [-0.1, -0.05) is 48.5 Å². The van der Waals surface area contributed by atoms with Crippen molar-refractivity contribution in [2.75, 3.05) is 26.4 Å². The Morgan fingerprint density at radius 1 is 1.00 bits per heavy atom. The maximum Gasteiger partial charge on any atom is 0.193 e. The zero-order chi connectivity index (χ0) is 18.1. The second kappa shape index (κ2) is 9.22. The summed E-state index contributed by atoms with van der Waals surface area (Å²) >= 11 is 0. The number of sulfone groups is 1. The highest BCUT2D eigenvalue weighted by atomic mass is 32.2. The largest absolute Gasteiger partial charge is 0.356 e. The van der Waals surface area contributed by atoms with E-state index in [4.69, 9.17) is 0 Å². The van der Waals surface area contributed by atoms with Crippen molar-refractivity contribution in [1.29, 1.82) is 0 Å². The first-order chi connectivity index (χ1) is 12.0. The zero-order valence-corrected chi connectivity index (χ0v) is 15.5. The molecule has 0 aliphatic carbocycles. The van der Waals surface area contributed by atoms with Gasteiger partial charge >= 0.3 is 0 Å². The van der Waals surface area contributed by atoms with Crippen LogP contribution in [0.15, 0.2) is 70.6 Å². The van der Waals surface area contributed by atoms with Crippen LogP contribution in [0.1, 0.15) is 12.0 Å². The smallest absolute Gasteiger partial charge is 0.193 e. The highest BCUT2D eigenvalue weighted by Crippen LogP contribution is 2.10. The number of rotatable bonds is 7. The highest BCUT2D eigenvalue weighted by molar-refractivity contribution is 7.91. The molecule has 5 nitrogen and oxygen atoms in total. The molecule has 0 radical (unpaired) electrons. The molecule has 134 valence electrons. The maximum absolute atomic E-state index is 12.3. The molecule has 0 atom stereocenters. The summed E-state index contributed by atoms with van der Waals surface area (Å²) in [5.41, 5.74) is 1.13. The van der Waals surface area contributed by atoms with Gasteiger partial charge < -0.3 is 10.2 Å². The van der Waals surface area contributed by atoms with Crippen LogP contribution in [-0.4, -0.2) is 45.7 Å². The molecule has 0 aromatic heterocycles. The van der Waals surface area contributed by atoms with E-state index in [1.807, 2.05) is 55.4 Å². The molecular formula is C19H25N3O2S. The molecule has 6 heteroatoms. The Kier molecular flexibility index (Phi) is 7.01. The molecule has 1 N–H and O–H groups in total. The zero-order valence-electron chi connectivity index (χ0n) is 14.7. The first-order valence-corrected chi connectivity index (χ1v) is 9.91. The minimum atomic E-state index is -3.23. The molecule has 0 saturated carbocycles. The van der Waals surface area contributed by atoms with Crippen LogP contribution >= 0.6 is 0 Å². The first-order valence-electron chi connectivity index (χ1n) is 8.26. The monoisotopic (exact) mass is 359 g/mol. The first kappa shape index (κ1) is 19.0. The molecule has 0 aliphatic rings. The van der Waals surface area contributed by atoms with Gasteiger partial charge in [-0.3, -0.25) is 0 Å². The third kappa shape index (κ3) is 6.23. The summed E-state index contributed by atoms with van der Waals surface area (Å²) in [6, 6.07) is 18.6. The second-order valence-corrected chi connectivity index (χ2v) is 8.04. The van der Waals surface area contributed by atoms with Gasteiger partial charge in [0.15, 0.2) is 15.8 Å². The number of nitrogens with zero attached hydrogens (tertiary/aromatic N) is 2. The van der Waals surface area contributed by atoms with Gasteiger partial charge in [-0.15, -0.1) is 0 Å². The van der Waals surface area contributed by atoms with Gasteiger partial charge in [-0.25, -0.2) is 13.4 Å². The van der Waals surface area contributed by atoms with Crippen LogP contribution in [0.2, 0.25) is 0 Å². The number of guanidine groups is 1. The molecule has 0 aliphatic heterocycles. The number of hydrogen-bond donors (Lipinski definition) is 1. The molecular weight excluding hydrogens is 334 g/mol. The molecule has 25 heavy (non-hydrogen) atoms. The van der Waals surface area contributed by atoms with Crippen LogP contribution in [0, 0.1) is 0 Å². The van der Waals surface area contributed by atoms with E-state index in [-0.39, 0.29) is 5.75 Å². The number of aliphatic imine (C=N–C) groups is 1. The topological polar surface area (TPSA) is 61.8 Å². The summed E-state index contributed by atoms with van der Waals surface area (Å²) in [6.45, 7) is 1.14. The van der Waals surface area contributed by atoms with Crippen molar-refractivity contribution in [3.63, 3.8) is 0 Å². The summed E-state index contributed by atoms with van der Waals surface area (Å²) in [6.07, 6.45) is 0.523. The van der Waals surface area contributed by atoms with Gasteiger partial charge in [0.2, 0.25) is 0 Å². The van der Waals surface area contributed by atoms with Gasteiger partial charge in [0.25, 0.3) is 0 Å². The normalized spacial score (nSPS) is 12.0. The fourth-order valence-corrected chi connectivity index (χ4v) is 3.64. The van der Waals surface area contributed by atoms with Gasteiger partial charge in [-0.05, 0) is 24.1 Å². The van der Waals surface area contributed by atoms with Crippen LogP contribution in [0.4, 0.5) is 0 Å². The molecule has 0 amide bonds. The molecule has 2 aromatic carbocycles. The van der Waals surface area contributed by atoms with Crippen molar-refractivity contribution in [2.45, 2.75) is 17.9 Å². The Morgan fingerprint density at radius 3 is 2.20 bits per heavy atom. The van der Waals surface area contributed by atoms with Gasteiger partial charge in [-0.2, -0.15) is 0 Å². The lowest BCUT2D eigenvalue weighted by molar-refractivity contribution is 0.573. The maximum atomic E-state index is 12.3. The molecule has 0 bridgehead atoms. The Labute approximate surface area is 150 Å². The van der Waals surface area contributed by atoms with Crippen molar-refractivity contribution in [3.8, 4) is 0 Å². The third-order valence-electron chi connectivity index (χ3n) is 3.65. The Morgan fingerprint density at radius 2 is 1.60 bits per heavy atom. The van der Waals surface area contributed by atoms with Crippen LogP contribution in [0.3, 0.4) is 0 Å². The average Bonchev–Trinajstić information content (AvgIpc) is 2.62. The molecule has 2 rings (SSSR count). The minimum absolute atomic E-state index is 0.114. The fraction of sp³-hybridized carbons (Fsp3) is 0.316. The average molecular weight is 359 g/mol. The summed E-state index contributed by atoms with van der Waals surface area (Å²) in [5, 5.41) is 3.22. The van der Waals surface area contributed by atoms with Crippen LogP contribution in [-0.2, 0) is 16.4 Å². The summed E-state index contributed by atoms with van der Waals surface area (Å²) < 4.78 is 24.5. The van der Waals surface area contributed by atoms with Crippen molar-refractivity contribution in [1.82, 2.24) is 10.2 Å². The third-order valence-corrected chi connectivity index (χ3v) is 5.47. The summed E-state index contributed by atoms with van der Waals surface area (Å²) in [4.78, 5) is 6.84. The second-order valence-electron chi connectivity index (χ2n) is 5.93. The van der Waals surface area contributed by atoms with Crippen LogP contribution in [0.25, 0.3) is 0 Å². The van der Waals surface area contributed by atoms with Crippen molar-refractivity contribution < 1.29 is 8.42 Å². The predicted octanol–water partition coefficient (Wildman–Crippen LogP) is 2.56. The van der Waals surface area contributed by atoms with Gasteiger partial charge in [0.05, 0.1) is 17.2 Å². The standard InChI is InChI=1S/C19H25N3O2S/c1-22(2)19(21-16-17-10-5-3-6-11-17)20-14-9-15-25(23,24)18-12-7-4-8-13-18/h3-8,10-13H,9,14-16H2,1-2H3,(H,20,21). The number of benzene rings is 2. The van der Waals surface area contributed by atoms with Gasteiger partial charge in [0, 0.05) is 20.6 Å². The lowest BCUT2D eigenvalue weighted by Crippen LogP contribution is -2.37. The SMILES string of the molecule is CN(C)C(=NCc1ccccc1)NCCCS(=O)(=O)c1ccccc1. The van der Waals surface area contributed by atoms with E-state index in [2.05, 4.69) is 10.3 Å². The molecule has 0 heterocycles. The van der Waals surface area contributed by atoms with Gasteiger partial charge in [0.1, 0.15) is 0 Å². The summed E-state index contributed by atoms with van der Waals surface area (Å²) in [7, 11) is 0.601. The van der Waals surface area contributed by atoms with Crippen molar-refractivity contribution >= 4 is 15.8 Å². The van der Waals surface area contributed by atoms with E-state index in [1.54, 1.807) is 24.3 Å². The molecule has 0 fully saturated rings. The Hall–Kier alpha value is -2.34. The van der Waals surface area contributed by atoms with Crippen molar-refractivity contribution in [2.24, 2.45) is 4.99 Å². The quantitative estimate of drug-likeness (QED) is 0.469. The highest BCUT2D eigenvalue weighted by Gasteiger charge is 2.13. The number of nitrogens with one attached hydrogen (secondary N) is 1. The lowest BCUT2D eigenvalue weighted by Gasteiger charge is -2.17.